The van der Waals surface area contributed by atoms with Crippen LogP contribution in [-0.4, -0.2) is 22.4 Å². The van der Waals surface area contributed by atoms with Crippen LogP contribution in [0.4, 0.5) is 0 Å². The standard InChI is InChI=1S/C8H14O2/c1-2-3-6-4-7(9)8(10)5-6/h2-3,6-10H,4-5H2,1H3. The molecule has 10 heavy (non-hydrogen) atoms. The number of aliphatic hydroxyl groups excluding tert-OH is 2. The third-order valence-electron chi connectivity index (χ3n) is 2.00. The lowest BCUT2D eigenvalue weighted by atomic mass is 10.1. The lowest BCUT2D eigenvalue weighted by Gasteiger charge is -2.03. The van der Waals surface area contributed by atoms with Gasteiger partial charge in [0.05, 0.1) is 12.2 Å². The molecule has 2 nitrogen and oxygen atoms in total. The van der Waals surface area contributed by atoms with Gasteiger partial charge < -0.3 is 10.2 Å². The molecule has 0 saturated heterocycles. The molecular weight excluding hydrogens is 128 g/mol. The monoisotopic (exact) mass is 142 g/mol. The smallest absolute Gasteiger partial charge is 0.0805 e. The molecule has 1 rings (SSSR count). The Balaban J connectivity index is 2.41. The van der Waals surface area contributed by atoms with Crippen LogP contribution in [0, 0.1) is 5.92 Å². The van der Waals surface area contributed by atoms with Crippen molar-refractivity contribution in [2.45, 2.75) is 32.0 Å². The van der Waals surface area contributed by atoms with Gasteiger partial charge in [-0.3, -0.25) is 0 Å². The van der Waals surface area contributed by atoms with Crippen LogP contribution < -0.4 is 0 Å². The van der Waals surface area contributed by atoms with E-state index in [0.717, 1.165) is 0 Å². The Morgan fingerprint density at radius 2 is 1.70 bits per heavy atom. The highest BCUT2D eigenvalue weighted by Crippen LogP contribution is 2.26. The lowest BCUT2D eigenvalue weighted by Crippen LogP contribution is -2.17. The molecule has 1 aliphatic carbocycles. The summed E-state index contributed by atoms with van der Waals surface area (Å²) in [6, 6.07) is 0. The van der Waals surface area contributed by atoms with Crippen molar-refractivity contribution >= 4 is 0 Å². The van der Waals surface area contributed by atoms with Gasteiger partial charge >= 0.3 is 0 Å². The van der Waals surface area contributed by atoms with Crippen LogP contribution in [-0.2, 0) is 0 Å². The van der Waals surface area contributed by atoms with E-state index in [4.69, 9.17) is 10.2 Å². The summed E-state index contributed by atoms with van der Waals surface area (Å²) in [7, 11) is 0. The van der Waals surface area contributed by atoms with E-state index in [-0.39, 0.29) is 0 Å². The minimum Gasteiger partial charge on any atom is -0.390 e. The Labute approximate surface area is 61.2 Å². The largest absolute Gasteiger partial charge is 0.390 e. The van der Waals surface area contributed by atoms with Crippen molar-refractivity contribution in [3.05, 3.63) is 12.2 Å². The van der Waals surface area contributed by atoms with Gasteiger partial charge in [-0.2, -0.15) is 0 Å². The molecule has 58 valence electrons. The zero-order valence-corrected chi connectivity index (χ0v) is 6.20. The first kappa shape index (κ1) is 7.76. The van der Waals surface area contributed by atoms with Crippen molar-refractivity contribution in [1.82, 2.24) is 0 Å². The molecule has 2 N–H and O–H groups in total. The third kappa shape index (κ3) is 1.58. The number of rotatable bonds is 1. The van der Waals surface area contributed by atoms with E-state index in [1.165, 1.54) is 0 Å². The molecule has 0 aromatic heterocycles. The van der Waals surface area contributed by atoms with Crippen LogP contribution in [0.25, 0.3) is 0 Å². The van der Waals surface area contributed by atoms with Gasteiger partial charge in [0.25, 0.3) is 0 Å². The summed E-state index contributed by atoms with van der Waals surface area (Å²) in [6.07, 6.45) is 4.44. The van der Waals surface area contributed by atoms with Gasteiger partial charge in [0.15, 0.2) is 0 Å². The van der Waals surface area contributed by atoms with Crippen LogP contribution in [0.2, 0.25) is 0 Å². The summed E-state index contributed by atoms with van der Waals surface area (Å²) in [4.78, 5) is 0. The molecule has 1 fully saturated rings. The first-order valence-electron chi connectivity index (χ1n) is 3.73. The number of allylic oxidation sites excluding steroid dienone is 2. The van der Waals surface area contributed by atoms with Crippen LogP contribution in [0.15, 0.2) is 12.2 Å². The molecule has 0 bridgehead atoms. The summed E-state index contributed by atoms with van der Waals surface area (Å²) in [5.74, 6) is 0.384. The van der Waals surface area contributed by atoms with Gasteiger partial charge in [-0.15, -0.1) is 0 Å². The fourth-order valence-corrected chi connectivity index (χ4v) is 1.46. The third-order valence-corrected chi connectivity index (χ3v) is 2.00. The molecule has 0 heterocycles. The van der Waals surface area contributed by atoms with Crippen LogP contribution >= 0.6 is 0 Å². The Kier molecular flexibility index (Phi) is 2.46. The Hall–Kier alpha value is -0.340. The zero-order valence-electron chi connectivity index (χ0n) is 6.20. The quantitative estimate of drug-likeness (QED) is 0.529. The molecule has 1 saturated carbocycles. The Morgan fingerprint density at radius 3 is 2.10 bits per heavy atom. The maximum atomic E-state index is 9.11. The normalized spacial score (nSPS) is 41.3. The first-order valence-corrected chi connectivity index (χ1v) is 3.73. The van der Waals surface area contributed by atoms with Crippen molar-refractivity contribution in [2.75, 3.05) is 0 Å². The van der Waals surface area contributed by atoms with Crippen LogP contribution in [0.5, 0.6) is 0 Å². The topological polar surface area (TPSA) is 40.5 Å². The van der Waals surface area contributed by atoms with E-state index in [0.29, 0.717) is 18.8 Å². The van der Waals surface area contributed by atoms with Crippen molar-refractivity contribution < 1.29 is 10.2 Å². The van der Waals surface area contributed by atoms with Crippen molar-refractivity contribution in [3.63, 3.8) is 0 Å². The Bertz CT molecular complexity index is 121. The molecule has 0 aromatic rings. The van der Waals surface area contributed by atoms with Crippen molar-refractivity contribution in [1.29, 1.82) is 0 Å². The molecule has 0 spiro atoms. The molecule has 0 aromatic carbocycles. The van der Waals surface area contributed by atoms with E-state index in [9.17, 15) is 0 Å². The van der Waals surface area contributed by atoms with Crippen molar-refractivity contribution in [2.24, 2.45) is 5.92 Å². The van der Waals surface area contributed by atoms with Gasteiger partial charge in [0.2, 0.25) is 0 Å². The van der Waals surface area contributed by atoms with E-state index >= 15 is 0 Å². The summed E-state index contributed by atoms with van der Waals surface area (Å²) < 4.78 is 0. The van der Waals surface area contributed by atoms with Gasteiger partial charge in [-0.25, -0.2) is 0 Å². The SMILES string of the molecule is CC=CC1CC(O)C(O)C1. The molecule has 1 aliphatic rings. The van der Waals surface area contributed by atoms with Gasteiger partial charge in [-0.1, -0.05) is 12.2 Å². The average molecular weight is 142 g/mol. The molecule has 2 atom stereocenters. The first-order chi connectivity index (χ1) is 4.74. The highest BCUT2D eigenvalue weighted by molar-refractivity contribution is 4.94. The van der Waals surface area contributed by atoms with E-state index in [1.807, 2.05) is 19.1 Å². The highest BCUT2D eigenvalue weighted by Gasteiger charge is 2.29. The molecule has 0 aliphatic heterocycles. The summed E-state index contributed by atoms with van der Waals surface area (Å²) >= 11 is 0. The summed E-state index contributed by atoms with van der Waals surface area (Å²) in [6.45, 7) is 1.96. The van der Waals surface area contributed by atoms with E-state index in [2.05, 4.69) is 0 Å². The van der Waals surface area contributed by atoms with Gasteiger partial charge in [0, 0.05) is 0 Å². The minimum absolute atomic E-state index is 0.384. The van der Waals surface area contributed by atoms with Gasteiger partial charge in [0.1, 0.15) is 0 Å². The van der Waals surface area contributed by atoms with Crippen molar-refractivity contribution in [3.8, 4) is 0 Å². The van der Waals surface area contributed by atoms with E-state index < -0.39 is 12.2 Å². The minimum atomic E-state index is -0.499. The average Bonchev–Trinajstić information content (AvgIpc) is 2.14. The summed E-state index contributed by atoms with van der Waals surface area (Å²) in [5, 5.41) is 18.2. The fourth-order valence-electron chi connectivity index (χ4n) is 1.46. The van der Waals surface area contributed by atoms with Crippen LogP contribution in [0.1, 0.15) is 19.8 Å². The number of hydrogen-bond acceptors (Lipinski definition) is 2. The van der Waals surface area contributed by atoms with Crippen LogP contribution in [0.3, 0.4) is 0 Å². The zero-order chi connectivity index (χ0) is 7.56. The second kappa shape index (κ2) is 3.17. The predicted molar refractivity (Wildman–Crippen MR) is 39.6 cm³/mol. The number of aliphatic hydroxyl groups is 2. The second-order valence-electron chi connectivity index (χ2n) is 2.89. The summed E-state index contributed by atoms with van der Waals surface area (Å²) in [5.41, 5.74) is 0. The van der Waals surface area contributed by atoms with Gasteiger partial charge in [-0.05, 0) is 25.7 Å². The maximum absolute atomic E-state index is 9.11. The Morgan fingerprint density at radius 1 is 1.20 bits per heavy atom. The molecule has 0 amide bonds. The molecule has 2 unspecified atom stereocenters. The fraction of sp³-hybridized carbons (Fsp3) is 0.750. The number of hydrogen-bond donors (Lipinski definition) is 2. The predicted octanol–water partition coefficient (Wildman–Crippen LogP) is 0.694. The molecular formula is C8H14O2. The lowest BCUT2D eigenvalue weighted by molar-refractivity contribution is 0.0438. The molecule has 0 radical (unpaired) electrons. The highest BCUT2D eigenvalue weighted by atomic mass is 16.3. The second-order valence-corrected chi connectivity index (χ2v) is 2.89. The van der Waals surface area contributed by atoms with E-state index in [1.54, 1.807) is 0 Å². The molecule has 2 heteroatoms. The maximum Gasteiger partial charge on any atom is 0.0805 e.